The Kier molecular flexibility index (Phi) is 4.36. The van der Waals surface area contributed by atoms with Gasteiger partial charge in [-0.15, -0.1) is 11.3 Å². The Morgan fingerprint density at radius 1 is 1.38 bits per heavy atom. The van der Waals surface area contributed by atoms with Gasteiger partial charge in [0.15, 0.2) is 9.84 Å². The van der Waals surface area contributed by atoms with E-state index in [0.29, 0.717) is 5.01 Å². The Morgan fingerprint density at radius 3 is 2.52 bits per heavy atom. The number of hydrogen-bond donors (Lipinski definition) is 1. The standard InChI is InChI=1S/C13H12ClNO4S2/c1-7-8(2)20-12(15-7)6-21(18,19)9-3-4-10(13(16)17)11(14)5-9/h3-5H,6H2,1-2H3,(H,16,17). The van der Waals surface area contributed by atoms with Crippen LogP contribution in [-0.2, 0) is 15.6 Å². The third kappa shape index (κ3) is 3.42. The molecule has 0 aliphatic rings. The van der Waals surface area contributed by atoms with Crippen LogP contribution < -0.4 is 0 Å². The van der Waals surface area contributed by atoms with Crippen LogP contribution in [0.3, 0.4) is 0 Å². The molecule has 0 radical (unpaired) electrons. The Morgan fingerprint density at radius 2 is 2.05 bits per heavy atom. The van der Waals surface area contributed by atoms with Gasteiger partial charge in [-0.3, -0.25) is 0 Å². The summed E-state index contributed by atoms with van der Waals surface area (Å²) in [4.78, 5) is 16.0. The van der Waals surface area contributed by atoms with E-state index in [4.69, 9.17) is 16.7 Å². The van der Waals surface area contributed by atoms with Crippen molar-refractivity contribution in [2.75, 3.05) is 0 Å². The van der Waals surface area contributed by atoms with Crippen LogP contribution in [0.25, 0.3) is 0 Å². The highest BCUT2D eigenvalue weighted by atomic mass is 35.5. The molecule has 0 spiro atoms. The maximum Gasteiger partial charge on any atom is 0.337 e. The van der Waals surface area contributed by atoms with Crippen LogP contribution in [0, 0.1) is 13.8 Å². The number of carboxylic acids is 1. The molecular formula is C13H12ClNO4S2. The SMILES string of the molecule is Cc1nc(CS(=O)(=O)c2ccc(C(=O)O)c(Cl)c2)sc1C. The van der Waals surface area contributed by atoms with Crippen LogP contribution in [0.15, 0.2) is 23.1 Å². The van der Waals surface area contributed by atoms with Crippen molar-refractivity contribution in [1.82, 2.24) is 4.98 Å². The highest BCUT2D eigenvalue weighted by Gasteiger charge is 2.20. The number of aryl methyl sites for hydroxylation is 2. The molecule has 0 bridgehead atoms. The van der Waals surface area contributed by atoms with Crippen molar-refractivity contribution in [3.05, 3.63) is 44.4 Å². The van der Waals surface area contributed by atoms with E-state index in [-0.39, 0.29) is 21.2 Å². The van der Waals surface area contributed by atoms with E-state index in [9.17, 15) is 13.2 Å². The molecule has 0 unspecified atom stereocenters. The lowest BCUT2D eigenvalue weighted by Gasteiger charge is -2.05. The number of sulfone groups is 1. The normalized spacial score (nSPS) is 11.6. The number of benzene rings is 1. The van der Waals surface area contributed by atoms with E-state index in [2.05, 4.69) is 4.98 Å². The lowest BCUT2D eigenvalue weighted by molar-refractivity contribution is 0.0697. The van der Waals surface area contributed by atoms with E-state index in [1.54, 1.807) is 0 Å². The third-order valence-corrected chi connectivity index (χ3v) is 6.11. The van der Waals surface area contributed by atoms with Crippen molar-refractivity contribution in [3.63, 3.8) is 0 Å². The zero-order chi connectivity index (χ0) is 15.8. The molecule has 1 N–H and O–H groups in total. The zero-order valence-corrected chi connectivity index (χ0v) is 13.6. The van der Waals surface area contributed by atoms with Gasteiger partial charge in [0.05, 0.1) is 21.2 Å². The third-order valence-electron chi connectivity index (χ3n) is 2.92. The summed E-state index contributed by atoms with van der Waals surface area (Å²) >= 11 is 7.14. The molecule has 0 amide bonds. The second kappa shape index (κ2) is 5.75. The van der Waals surface area contributed by atoms with Gasteiger partial charge in [-0.05, 0) is 32.0 Å². The van der Waals surface area contributed by atoms with E-state index >= 15 is 0 Å². The highest BCUT2D eigenvalue weighted by Crippen LogP contribution is 2.25. The Bertz CT molecular complexity index is 792. The molecular weight excluding hydrogens is 334 g/mol. The number of aromatic carboxylic acids is 1. The van der Waals surface area contributed by atoms with Gasteiger partial charge < -0.3 is 5.11 Å². The molecule has 0 saturated heterocycles. The average molecular weight is 346 g/mol. The minimum atomic E-state index is -3.61. The first-order valence-electron chi connectivity index (χ1n) is 5.89. The fourth-order valence-electron chi connectivity index (χ4n) is 1.71. The van der Waals surface area contributed by atoms with Crippen LogP contribution in [0.1, 0.15) is 25.9 Å². The van der Waals surface area contributed by atoms with E-state index in [0.717, 1.165) is 16.6 Å². The van der Waals surface area contributed by atoms with Crippen molar-refractivity contribution in [2.45, 2.75) is 24.5 Å². The predicted molar refractivity (Wildman–Crippen MR) is 80.9 cm³/mol. The lowest BCUT2D eigenvalue weighted by atomic mass is 10.2. The minimum Gasteiger partial charge on any atom is -0.478 e. The largest absolute Gasteiger partial charge is 0.478 e. The van der Waals surface area contributed by atoms with Crippen LogP contribution in [0.5, 0.6) is 0 Å². The number of aromatic nitrogens is 1. The quantitative estimate of drug-likeness (QED) is 0.920. The summed E-state index contributed by atoms with van der Waals surface area (Å²) in [5.74, 6) is -1.43. The summed E-state index contributed by atoms with van der Waals surface area (Å²) in [6, 6.07) is 3.60. The van der Waals surface area contributed by atoms with Gasteiger partial charge in [0, 0.05) is 4.88 Å². The molecule has 0 aliphatic heterocycles. The molecule has 0 aliphatic carbocycles. The first-order chi connectivity index (χ1) is 9.70. The molecule has 112 valence electrons. The Hall–Kier alpha value is -1.44. The second-order valence-electron chi connectivity index (χ2n) is 4.46. The predicted octanol–water partition coefficient (Wildman–Crippen LogP) is 3.09. The fraction of sp³-hybridized carbons (Fsp3) is 0.231. The fourth-order valence-corrected chi connectivity index (χ4v) is 4.60. The van der Waals surface area contributed by atoms with Crippen molar-refractivity contribution < 1.29 is 18.3 Å². The van der Waals surface area contributed by atoms with Crippen LogP contribution >= 0.6 is 22.9 Å². The molecule has 0 saturated carbocycles. The van der Waals surface area contributed by atoms with Crippen molar-refractivity contribution in [3.8, 4) is 0 Å². The van der Waals surface area contributed by atoms with Crippen LogP contribution in [0.4, 0.5) is 0 Å². The average Bonchev–Trinajstić information content (AvgIpc) is 2.66. The van der Waals surface area contributed by atoms with Gasteiger partial charge in [0.25, 0.3) is 0 Å². The molecule has 1 aromatic heterocycles. The molecule has 2 aromatic rings. The number of thiazole rings is 1. The molecule has 0 fully saturated rings. The zero-order valence-electron chi connectivity index (χ0n) is 11.3. The number of carbonyl (C=O) groups is 1. The number of carboxylic acid groups (broad SMARTS) is 1. The Labute approximate surface area is 131 Å². The van der Waals surface area contributed by atoms with Gasteiger partial charge in [0.2, 0.25) is 0 Å². The smallest absolute Gasteiger partial charge is 0.337 e. The summed E-state index contributed by atoms with van der Waals surface area (Å²) < 4.78 is 24.6. The van der Waals surface area contributed by atoms with Gasteiger partial charge in [-0.25, -0.2) is 18.2 Å². The van der Waals surface area contributed by atoms with E-state index in [1.165, 1.54) is 23.5 Å². The minimum absolute atomic E-state index is 0.0111. The number of halogens is 1. The van der Waals surface area contributed by atoms with Gasteiger partial charge in [-0.2, -0.15) is 0 Å². The molecule has 0 atom stereocenters. The van der Waals surface area contributed by atoms with E-state index in [1.807, 2.05) is 13.8 Å². The van der Waals surface area contributed by atoms with Crippen LogP contribution in [0.2, 0.25) is 5.02 Å². The summed E-state index contributed by atoms with van der Waals surface area (Å²) in [5, 5.41) is 9.29. The van der Waals surface area contributed by atoms with Gasteiger partial charge >= 0.3 is 5.97 Å². The molecule has 1 heterocycles. The summed E-state index contributed by atoms with van der Waals surface area (Å²) in [7, 11) is -3.61. The van der Waals surface area contributed by atoms with Crippen LogP contribution in [-0.4, -0.2) is 24.5 Å². The second-order valence-corrected chi connectivity index (χ2v) is 8.14. The lowest BCUT2D eigenvalue weighted by Crippen LogP contribution is -2.06. The van der Waals surface area contributed by atoms with E-state index < -0.39 is 15.8 Å². The molecule has 1 aromatic carbocycles. The van der Waals surface area contributed by atoms with Gasteiger partial charge in [0.1, 0.15) is 10.8 Å². The molecule has 2 rings (SSSR count). The maximum atomic E-state index is 12.3. The van der Waals surface area contributed by atoms with Crippen molar-refractivity contribution >= 4 is 38.7 Å². The highest BCUT2D eigenvalue weighted by molar-refractivity contribution is 7.90. The van der Waals surface area contributed by atoms with Crippen molar-refractivity contribution in [1.29, 1.82) is 0 Å². The summed E-state index contributed by atoms with van der Waals surface area (Å²) in [5.41, 5.74) is 0.681. The molecule has 5 nitrogen and oxygen atoms in total. The first kappa shape index (κ1) is 15.9. The number of nitrogens with zero attached hydrogens (tertiary/aromatic N) is 1. The monoisotopic (exact) mass is 345 g/mol. The topological polar surface area (TPSA) is 84.3 Å². The summed E-state index contributed by atoms with van der Waals surface area (Å²) in [6.45, 7) is 3.70. The number of rotatable bonds is 4. The summed E-state index contributed by atoms with van der Waals surface area (Å²) in [6.07, 6.45) is 0. The number of hydrogen-bond acceptors (Lipinski definition) is 5. The maximum absolute atomic E-state index is 12.3. The molecule has 21 heavy (non-hydrogen) atoms. The van der Waals surface area contributed by atoms with Gasteiger partial charge in [-0.1, -0.05) is 11.6 Å². The van der Waals surface area contributed by atoms with Crippen molar-refractivity contribution in [2.24, 2.45) is 0 Å². The Balaban J connectivity index is 2.35. The first-order valence-corrected chi connectivity index (χ1v) is 8.74. The molecule has 8 heteroatoms.